The molecule has 2 aromatic carbocycles. The van der Waals surface area contributed by atoms with E-state index in [1.165, 1.54) is 0 Å². The normalized spacial score (nSPS) is 18.8. The Morgan fingerprint density at radius 3 is 2.67 bits per heavy atom. The minimum atomic E-state index is -0.563. The predicted molar refractivity (Wildman–Crippen MR) is 102 cm³/mol. The van der Waals surface area contributed by atoms with Crippen LogP contribution in [-0.2, 0) is 4.79 Å². The molecule has 2 aromatic rings. The topological polar surface area (TPSA) is 59.1 Å². The van der Waals surface area contributed by atoms with Crippen LogP contribution >= 0.6 is 11.6 Å². The number of fused-ring (bicyclic) bond motifs is 1. The first kappa shape index (κ1) is 17.7. The second-order valence-electron chi connectivity index (χ2n) is 6.66. The van der Waals surface area contributed by atoms with E-state index in [1.54, 1.807) is 41.0 Å². The van der Waals surface area contributed by atoms with Gasteiger partial charge in [-0.15, -0.1) is 0 Å². The van der Waals surface area contributed by atoms with Crippen LogP contribution in [0.15, 0.2) is 36.4 Å². The lowest BCUT2D eigenvalue weighted by atomic mass is 10.1. The largest absolute Gasteiger partial charge is 0.454 e. The van der Waals surface area contributed by atoms with Crippen LogP contribution in [0.4, 0.5) is 5.69 Å². The summed E-state index contributed by atoms with van der Waals surface area (Å²) in [7, 11) is 0. The number of rotatable bonds is 2. The second-order valence-corrected chi connectivity index (χ2v) is 7.10. The highest BCUT2D eigenvalue weighted by Gasteiger charge is 2.36. The van der Waals surface area contributed by atoms with Crippen molar-refractivity contribution in [3.05, 3.63) is 52.5 Å². The van der Waals surface area contributed by atoms with Crippen molar-refractivity contribution in [2.75, 3.05) is 24.8 Å². The highest BCUT2D eigenvalue weighted by atomic mass is 35.5. The number of benzene rings is 2. The molecule has 2 heterocycles. The number of halogens is 1. The molecule has 1 atom stereocenters. The maximum absolute atomic E-state index is 13.0. The first-order valence-corrected chi connectivity index (χ1v) is 9.11. The summed E-state index contributed by atoms with van der Waals surface area (Å²) >= 11 is 6.02. The van der Waals surface area contributed by atoms with Crippen molar-refractivity contribution < 1.29 is 19.1 Å². The van der Waals surface area contributed by atoms with Crippen molar-refractivity contribution in [1.29, 1.82) is 0 Å². The molecule has 140 valence electrons. The number of carbonyl (C=O) groups excluding carboxylic acids is 2. The SMILES string of the molecule is Cc1cc(Cl)ccc1N1CCN(C(=O)c2ccc3c(c2)OCO3)C(C)C1=O. The van der Waals surface area contributed by atoms with Gasteiger partial charge in [-0.05, 0) is 55.8 Å². The summed E-state index contributed by atoms with van der Waals surface area (Å²) in [4.78, 5) is 29.2. The van der Waals surface area contributed by atoms with Gasteiger partial charge in [-0.1, -0.05) is 11.6 Å². The molecule has 0 bridgehead atoms. The van der Waals surface area contributed by atoms with E-state index in [4.69, 9.17) is 21.1 Å². The molecule has 7 heteroatoms. The van der Waals surface area contributed by atoms with Gasteiger partial charge in [0.1, 0.15) is 6.04 Å². The number of carbonyl (C=O) groups is 2. The average molecular weight is 387 g/mol. The van der Waals surface area contributed by atoms with E-state index in [1.807, 2.05) is 19.1 Å². The Bertz CT molecular complexity index is 930. The van der Waals surface area contributed by atoms with Crippen LogP contribution in [0.5, 0.6) is 11.5 Å². The van der Waals surface area contributed by atoms with E-state index >= 15 is 0 Å². The van der Waals surface area contributed by atoms with E-state index < -0.39 is 6.04 Å². The Kier molecular flexibility index (Phi) is 4.44. The van der Waals surface area contributed by atoms with E-state index in [0.29, 0.717) is 35.2 Å². The van der Waals surface area contributed by atoms with Crippen LogP contribution in [-0.4, -0.2) is 42.6 Å². The molecule has 0 aromatic heterocycles. The Balaban J connectivity index is 1.55. The van der Waals surface area contributed by atoms with Gasteiger partial charge >= 0.3 is 0 Å². The molecule has 6 nitrogen and oxygen atoms in total. The third-order valence-corrected chi connectivity index (χ3v) is 5.22. The van der Waals surface area contributed by atoms with Crippen LogP contribution in [0.3, 0.4) is 0 Å². The van der Waals surface area contributed by atoms with Gasteiger partial charge in [-0.3, -0.25) is 9.59 Å². The summed E-state index contributed by atoms with van der Waals surface area (Å²) in [6, 6.07) is 9.96. The van der Waals surface area contributed by atoms with Gasteiger partial charge < -0.3 is 19.3 Å². The molecule has 27 heavy (non-hydrogen) atoms. The minimum Gasteiger partial charge on any atom is -0.454 e. The van der Waals surface area contributed by atoms with Crippen LogP contribution in [0.2, 0.25) is 5.02 Å². The van der Waals surface area contributed by atoms with E-state index in [9.17, 15) is 9.59 Å². The summed E-state index contributed by atoms with van der Waals surface area (Å²) in [6.45, 7) is 4.71. The van der Waals surface area contributed by atoms with Gasteiger partial charge in [0.25, 0.3) is 5.91 Å². The molecule has 0 saturated carbocycles. The molecule has 0 radical (unpaired) electrons. The number of amides is 2. The molecule has 2 amide bonds. The van der Waals surface area contributed by atoms with E-state index in [2.05, 4.69) is 0 Å². The zero-order valence-corrected chi connectivity index (χ0v) is 15.8. The number of ether oxygens (including phenoxy) is 2. The Morgan fingerprint density at radius 1 is 1.11 bits per heavy atom. The van der Waals surface area contributed by atoms with Gasteiger partial charge in [-0.25, -0.2) is 0 Å². The van der Waals surface area contributed by atoms with Crippen molar-refractivity contribution in [3.8, 4) is 11.5 Å². The quantitative estimate of drug-likeness (QED) is 0.795. The maximum atomic E-state index is 13.0. The van der Waals surface area contributed by atoms with Gasteiger partial charge in [0.05, 0.1) is 0 Å². The molecule has 2 aliphatic heterocycles. The minimum absolute atomic E-state index is 0.110. The van der Waals surface area contributed by atoms with E-state index in [-0.39, 0.29) is 18.6 Å². The molecule has 4 rings (SSSR count). The van der Waals surface area contributed by atoms with Crippen LogP contribution in [0, 0.1) is 6.92 Å². The molecule has 1 unspecified atom stereocenters. The number of hydrogen-bond donors (Lipinski definition) is 0. The number of aryl methyl sites for hydroxylation is 1. The fourth-order valence-corrected chi connectivity index (χ4v) is 3.73. The molecule has 0 N–H and O–H groups in total. The summed E-state index contributed by atoms with van der Waals surface area (Å²) in [5, 5.41) is 0.633. The average Bonchev–Trinajstić information content (AvgIpc) is 3.12. The lowest BCUT2D eigenvalue weighted by molar-refractivity contribution is -0.124. The van der Waals surface area contributed by atoms with Gasteiger partial charge in [0, 0.05) is 29.4 Å². The Hall–Kier alpha value is -2.73. The first-order chi connectivity index (χ1) is 13.0. The fourth-order valence-electron chi connectivity index (χ4n) is 3.50. The van der Waals surface area contributed by atoms with Crippen molar-refractivity contribution in [1.82, 2.24) is 4.90 Å². The fraction of sp³-hybridized carbons (Fsp3) is 0.300. The van der Waals surface area contributed by atoms with Crippen molar-refractivity contribution in [2.24, 2.45) is 0 Å². The molecule has 1 fully saturated rings. The molecule has 1 saturated heterocycles. The lowest BCUT2D eigenvalue weighted by Crippen LogP contribution is -2.57. The Morgan fingerprint density at radius 2 is 1.89 bits per heavy atom. The van der Waals surface area contributed by atoms with Crippen LogP contribution in [0.25, 0.3) is 0 Å². The molecule has 0 aliphatic carbocycles. The smallest absolute Gasteiger partial charge is 0.254 e. The number of piperazine rings is 1. The summed E-state index contributed by atoms with van der Waals surface area (Å²) in [5.41, 5.74) is 2.24. The third-order valence-electron chi connectivity index (χ3n) is 4.99. The van der Waals surface area contributed by atoms with Crippen molar-refractivity contribution >= 4 is 29.1 Å². The third kappa shape index (κ3) is 3.10. The standard InChI is InChI=1S/C20H19ClN2O4/c1-12-9-15(21)4-5-16(12)23-8-7-22(13(2)19(23)24)20(25)14-3-6-17-18(10-14)27-11-26-17/h3-6,9-10,13H,7-8,11H2,1-2H3. The van der Waals surface area contributed by atoms with Crippen molar-refractivity contribution in [3.63, 3.8) is 0 Å². The highest BCUT2D eigenvalue weighted by molar-refractivity contribution is 6.30. The van der Waals surface area contributed by atoms with Gasteiger partial charge in [0.15, 0.2) is 11.5 Å². The summed E-state index contributed by atoms with van der Waals surface area (Å²) in [5.74, 6) is 0.872. The highest BCUT2D eigenvalue weighted by Crippen LogP contribution is 2.33. The zero-order chi connectivity index (χ0) is 19.1. The van der Waals surface area contributed by atoms with E-state index in [0.717, 1.165) is 11.3 Å². The van der Waals surface area contributed by atoms with Crippen LogP contribution in [0.1, 0.15) is 22.8 Å². The maximum Gasteiger partial charge on any atom is 0.254 e. The first-order valence-electron chi connectivity index (χ1n) is 8.74. The monoisotopic (exact) mass is 386 g/mol. The molecular weight excluding hydrogens is 368 g/mol. The molecular formula is C20H19ClN2O4. The predicted octanol–water partition coefficient (Wildman–Crippen LogP) is 3.25. The zero-order valence-electron chi connectivity index (χ0n) is 15.1. The second kappa shape index (κ2) is 6.78. The molecule has 0 spiro atoms. The van der Waals surface area contributed by atoms with Crippen molar-refractivity contribution in [2.45, 2.75) is 19.9 Å². The van der Waals surface area contributed by atoms with Crippen LogP contribution < -0.4 is 14.4 Å². The lowest BCUT2D eigenvalue weighted by Gasteiger charge is -2.39. The number of anilines is 1. The summed E-state index contributed by atoms with van der Waals surface area (Å²) in [6.07, 6.45) is 0. The number of hydrogen-bond acceptors (Lipinski definition) is 4. The Labute approximate surface area is 162 Å². The van der Waals surface area contributed by atoms with Gasteiger partial charge in [0.2, 0.25) is 12.7 Å². The number of nitrogens with zero attached hydrogens (tertiary/aromatic N) is 2. The summed E-state index contributed by atoms with van der Waals surface area (Å²) < 4.78 is 10.6. The van der Waals surface area contributed by atoms with Gasteiger partial charge in [-0.2, -0.15) is 0 Å². The molecule has 2 aliphatic rings.